The SMILES string of the molecule is NC(=O)c1cn2cc(OCc3ncccc3OCC(F)(F)F)ccc2n1. The Labute approximate surface area is 145 Å². The van der Waals surface area contributed by atoms with E-state index in [1.165, 1.54) is 24.5 Å². The van der Waals surface area contributed by atoms with Gasteiger partial charge in [0.05, 0.1) is 6.20 Å². The lowest BCUT2D eigenvalue weighted by atomic mass is 10.3. The molecule has 0 saturated carbocycles. The number of carbonyl (C=O) groups excluding carboxylic acids is 1. The summed E-state index contributed by atoms with van der Waals surface area (Å²) in [4.78, 5) is 19.2. The van der Waals surface area contributed by atoms with Crippen molar-refractivity contribution in [2.45, 2.75) is 12.8 Å². The minimum Gasteiger partial charge on any atom is -0.486 e. The van der Waals surface area contributed by atoms with Gasteiger partial charge in [0.1, 0.15) is 35.1 Å². The number of nitrogens with zero attached hydrogens (tertiary/aromatic N) is 3. The first-order valence-corrected chi connectivity index (χ1v) is 7.36. The molecule has 3 rings (SSSR count). The molecular formula is C16H13F3N4O3. The quantitative estimate of drug-likeness (QED) is 0.723. The van der Waals surface area contributed by atoms with Crippen molar-refractivity contribution in [1.29, 1.82) is 0 Å². The minimum absolute atomic E-state index is 0.00968. The van der Waals surface area contributed by atoms with E-state index in [4.69, 9.17) is 15.2 Å². The van der Waals surface area contributed by atoms with Crippen molar-refractivity contribution < 1.29 is 27.4 Å². The van der Waals surface area contributed by atoms with Crippen LogP contribution in [-0.4, -0.2) is 33.1 Å². The first-order chi connectivity index (χ1) is 12.3. The number of carbonyl (C=O) groups is 1. The molecule has 0 saturated heterocycles. The number of halogens is 3. The summed E-state index contributed by atoms with van der Waals surface area (Å²) in [5, 5.41) is 0. The lowest BCUT2D eigenvalue weighted by Gasteiger charge is -2.13. The summed E-state index contributed by atoms with van der Waals surface area (Å²) in [5.74, 6) is -0.265. The number of fused-ring (bicyclic) bond motifs is 1. The van der Waals surface area contributed by atoms with Gasteiger partial charge in [0.15, 0.2) is 6.61 Å². The first-order valence-electron chi connectivity index (χ1n) is 7.36. The fourth-order valence-corrected chi connectivity index (χ4v) is 2.15. The van der Waals surface area contributed by atoms with Crippen LogP contribution in [0.15, 0.2) is 42.9 Å². The number of hydrogen-bond donors (Lipinski definition) is 1. The van der Waals surface area contributed by atoms with Crippen molar-refractivity contribution in [2.75, 3.05) is 6.61 Å². The van der Waals surface area contributed by atoms with Crippen LogP contribution in [0.3, 0.4) is 0 Å². The Kier molecular flexibility index (Phi) is 4.65. The van der Waals surface area contributed by atoms with Crippen LogP contribution in [0.4, 0.5) is 13.2 Å². The highest BCUT2D eigenvalue weighted by Crippen LogP contribution is 2.22. The third-order valence-corrected chi connectivity index (χ3v) is 3.29. The first kappa shape index (κ1) is 17.5. The molecule has 3 aromatic heterocycles. The Morgan fingerprint density at radius 1 is 1.19 bits per heavy atom. The zero-order valence-corrected chi connectivity index (χ0v) is 13.2. The highest BCUT2D eigenvalue weighted by molar-refractivity contribution is 5.91. The second kappa shape index (κ2) is 6.90. The number of ether oxygens (including phenoxy) is 2. The van der Waals surface area contributed by atoms with Gasteiger partial charge in [0.25, 0.3) is 5.91 Å². The summed E-state index contributed by atoms with van der Waals surface area (Å²) in [6.45, 7) is -1.51. The minimum atomic E-state index is -4.45. The molecule has 0 aliphatic rings. The summed E-state index contributed by atoms with van der Waals surface area (Å²) in [5.41, 5.74) is 6.00. The van der Waals surface area contributed by atoms with Crippen LogP contribution >= 0.6 is 0 Å². The molecule has 0 aliphatic carbocycles. The summed E-state index contributed by atoms with van der Waals surface area (Å²) >= 11 is 0. The predicted octanol–water partition coefficient (Wildman–Crippen LogP) is 2.35. The van der Waals surface area contributed by atoms with Crippen LogP contribution in [0, 0.1) is 0 Å². The van der Waals surface area contributed by atoms with Crippen LogP contribution in [0.25, 0.3) is 5.65 Å². The lowest BCUT2D eigenvalue weighted by molar-refractivity contribution is -0.153. The van der Waals surface area contributed by atoms with Gasteiger partial charge in [-0.3, -0.25) is 9.78 Å². The zero-order chi connectivity index (χ0) is 18.7. The van der Waals surface area contributed by atoms with E-state index in [1.54, 1.807) is 22.7 Å². The van der Waals surface area contributed by atoms with Gasteiger partial charge in [-0.05, 0) is 24.3 Å². The third kappa shape index (κ3) is 4.21. The topological polar surface area (TPSA) is 91.7 Å². The molecule has 1 amide bonds. The van der Waals surface area contributed by atoms with E-state index in [-0.39, 0.29) is 23.7 Å². The van der Waals surface area contributed by atoms with Gasteiger partial charge in [-0.15, -0.1) is 0 Å². The van der Waals surface area contributed by atoms with Crippen LogP contribution < -0.4 is 15.2 Å². The maximum Gasteiger partial charge on any atom is 0.422 e. The average Bonchev–Trinajstić information content (AvgIpc) is 3.02. The molecule has 2 N–H and O–H groups in total. The number of alkyl halides is 3. The Morgan fingerprint density at radius 3 is 2.73 bits per heavy atom. The van der Waals surface area contributed by atoms with Gasteiger partial charge in [-0.25, -0.2) is 4.98 Å². The fourth-order valence-electron chi connectivity index (χ4n) is 2.15. The van der Waals surface area contributed by atoms with Crippen molar-refractivity contribution in [2.24, 2.45) is 5.73 Å². The summed E-state index contributed by atoms with van der Waals surface area (Å²) in [6, 6.07) is 6.07. The second-order valence-electron chi connectivity index (χ2n) is 5.26. The van der Waals surface area contributed by atoms with E-state index in [9.17, 15) is 18.0 Å². The van der Waals surface area contributed by atoms with Crippen molar-refractivity contribution in [1.82, 2.24) is 14.4 Å². The van der Waals surface area contributed by atoms with E-state index in [0.717, 1.165) is 0 Å². The molecule has 7 nitrogen and oxygen atoms in total. The molecule has 3 aromatic rings. The van der Waals surface area contributed by atoms with Crippen molar-refractivity contribution >= 4 is 11.6 Å². The van der Waals surface area contributed by atoms with Crippen LogP contribution in [-0.2, 0) is 6.61 Å². The lowest BCUT2D eigenvalue weighted by Crippen LogP contribution is -2.20. The number of imidazole rings is 1. The maximum absolute atomic E-state index is 12.3. The number of pyridine rings is 2. The Balaban J connectivity index is 1.72. The summed E-state index contributed by atoms with van der Waals surface area (Å²) < 4.78 is 48.8. The average molecular weight is 366 g/mol. The molecule has 0 unspecified atom stereocenters. The number of amides is 1. The predicted molar refractivity (Wildman–Crippen MR) is 83.8 cm³/mol. The van der Waals surface area contributed by atoms with Gasteiger partial charge in [-0.2, -0.15) is 13.2 Å². The van der Waals surface area contributed by atoms with Crippen molar-refractivity contribution in [3.8, 4) is 11.5 Å². The van der Waals surface area contributed by atoms with Gasteiger partial charge in [0, 0.05) is 12.4 Å². The van der Waals surface area contributed by atoms with E-state index in [0.29, 0.717) is 11.4 Å². The molecule has 26 heavy (non-hydrogen) atoms. The standard InChI is InChI=1S/C16H13F3N4O3/c17-16(18,19)9-26-13-2-1-5-21-12(13)8-25-10-3-4-14-22-11(15(20)24)7-23(14)6-10/h1-7H,8-9H2,(H2,20,24). The fraction of sp³-hybridized carbons (Fsp3) is 0.188. The van der Waals surface area contributed by atoms with Gasteiger partial charge >= 0.3 is 6.18 Å². The number of rotatable bonds is 6. The number of aromatic nitrogens is 3. The normalized spacial score (nSPS) is 11.5. The zero-order valence-electron chi connectivity index (χ0n) is 13.2. The number of nitrogens with two attached hydrogens (primary N) is 1. The second-order valence-corrected chi connectivity index (χ2v) is 5.26. The highest BCUT2D eigenvalue weighted by atomic mass is 19.4. The van der Waals surface area contributed by atoms with Gasteiger partial charge in [-0.1, -0.05) is 0 Å². The van der Waals surface area contributed by atoms with Crippen LogP contribution in [0.2, 0.25) is 0 Å². The largest absolute Gasteiger partial charge is 0.486 e. The molecule has 0 aliphatic heterocycles. The molecular weight excluding hydrogens is 353 g/mol. The Hall–Kier alpha value is -3.30. The molecule has 0 bridgehead atoms. The molecule has 0 fully saturated rings. The molecule has 10 heteroatoms. The molecule has 136 valence electrons. The monoisotopic (exact) mass is 366 g/mol. The summed E-state index contributed by atoms with van der Waals surface area (Å²) in [6.07, 6.45) is -0.00692. The van der Waals surface area contributed by atoms with Crippen LogP contribution in [0.5, 0.6) is 11.5 Å². The van der Waals surface area contributed by atoms with E-state index in [1.807, 2.05) is 0 Å². The molecule has 3 heterocycles. The van der Waals surface area contributed by atoms with Crippen LogP contribution in [0.1, 0.15) is 16.2 Å². The van der Waals surface area contributed by atoms with Gasteiger partial charge < -0.3 is 19.6 Å². The van der Waals surface area contributed by atoms with E-state index in [2.05, 4.69) is 9.97 Å². The molecule has 0 aromatic carbocycles. The Bertz CT molecular complexity index is 940. The van der Waals surface area contributed by atoms with Gasteiger partial charge in [0.2, 0.25) is 0 Å². The summed E-state index contributed by atoms with van der Waals surface area (Å²) in [7, 11) is 0. The number of hydrogen-bond acceptors (Lipinski definition) is 5. The number of primary amides is 1. The van der Waals surface area contributed by atoms with E-state index >= 15 is 0 Å². The van der Waals surface area contributed by atoms with E-state index < -0.39 is 18.7 Å². The van der Waals surface area contributed by atoms with Crippen molar-refractivity contribution in [3.05, 3.63) is 54.2 Å². The smallest absolute Gasteiger partial charge is 0.422 e. The maximum atomic E-state index is 12.3. The van der Waals surface area contributed by atoms with Crippen molar-refractivity contribution in [3.63, 3.8) is 0 Å². The molecule has 0 spiro atoms. The highest BCUT2D eigenvalue weighted by Gasteiger charge is 2.29. The molecule has 0 atom stereocenters. The third-order valence-electron chi connectivity index (χ3n) is 3.29. The Morgan fingerprint density at radius 2 is 2.00 bits per heavy atom. The molecule has 0 radical (unpaired) electrons.